The van der Waals surface area contributed by atoms with Gasteiger partial charge in [-0.1, -0.05) is 26.0 Å². The van der Waals surface area contributed by atoms with Crippen LogP contribution in [0, 0.1) is 5.41 Å². The molecule has 104 valence electrons. The summed E-state index contributed by atoms with van der Waals surface area (Å²) < 4.78 is 0. The van der Waals surface area contributed by atoms with E-state index < -0.39 is 0 Å². The molecule has 1 aromatic carbocycles. The minimum atomic E-state index is 0.571. The van der Waals surface area contributed by atoms with E-state index in [0.29, 0.717) is 17.4 Å². The Morgan fingerprint density at radius 1 is 1.21 bits per heavy atom. The molecular formula is C17H26N2. The summed E-state index contributed by atoms with van der Waals surface area (Å²) in [6.07, 6.45) is 2.79. The standard InChI is InChI=1S/C17H26N2/c1-13(2)15-4-6-16(7-5-15)19-12-17(8-9-17)11-18-10-14(19)3/h4-7,13-14,18H,8-12H2,1-3H3. The molecule has 2 aliphatic rings. The van der Waals surface area contributed by atoms with Gasteiger partial charge < -0.3 is 10.2 Å². The molecule has 19 heavy (non-hydrogen) atoms. The van der Waals surface area contributed by atoms with Gasteiger partial charge in [-0.25, -0.2) is 0 Å². The normalized spacial score (nSPS) is 25.7. The van der Waals surface area contributed by atoms with Gasteiger partial charge in [0, 0.05) is 36.8 Å². The second-order valence-corrected chi connectivity index (χ2v) is 6.85. The van der Waals surface area contributed by atoms with Crippen molar-refractivity contribution in [3.63, 3.8) is 0 Å². The van der Waals surface area contributed by atoms with Gasteiger partial charge in [0.25, 0.3) is 0 Å². The molecule has 1 saturated carbocycles. The maximum atomic E-state index is 3.64. The van der Waals surface area contributed by atoms with E-state index in [4.69, 9.17) is 0 Å². The SMILES string of the molecule is CC(C)c1ccc(N2CC3(CC3)CNCC2C)cc1. The van der Waals surface area contributed by atoms with Gasteiger partial charge in [-0.2, -0.15) is 0 Å². The summed E-state index contributed by atoms with van der Waals surface area (Å²) in [5.74, 6) is 0.618. The molecule has 1 aromatic rings. The number of anilines is 1. The van der Waals surface area contributed by atoms with Crippen LogP contribution in [0.3, 0.4) is 0 Å². The third-order valence-electron chi connectivity index (χ3n) is 4.83. The van der Waals surface area contributed by atoms with Gasteiger partial charge in [0.1, 0.15) is 0 Å². The molecule has 2 fully saturated rings. The van der Waals surface area contributed by atoms with Crippen LogP contribution >= 0.6 is 0 Å². The number of hydrogen-bond donors (Lipinski definition) is 1. The molecule has 2 nitrogen and oxygen atoms in total. The van der Waals surface area contributed by atoms with Crippen molar-refractivity contribution in [3.8, 4) is 0 Å². The van der Waals surface area contributed by atoms with Gasteiger partial charge in [-0.3, -0.25) is 0 Å². The summed E-state index contributed by atoms with van der Waals surface area (Å²) in [6.45, 7) is 10.4. The van der Waals surface area contributed by atoms with Gasteiger partial charge in [-0.15, -0.1) is 0 Å². The molecule has 1 aliphatic heterocycles. The topological polar surface area (TPSA) is 15.3 Å². The Morgan fingerprint density at radius 2 is 1.89 bits per heavy atom. The fourth-order valence-corrected chi connectivity index (χ4v) is 3.14. The number of nitrogens with zero attached hydrogens (tertiary/aromatic N) is 1. The summed E-state index contributed by atoms with van der Waals surface area (Å²) in [5, 5.41) is 3.64. The van der Waals surface area contributed by atoms with Crippen LogP contribution in [-0.2, 0) is 0 Å². The Hall–Kier alpha value is -1.02. The number of nitrogens with one attached hydrogen (secondary N) is 1. The predicted octanol–water partition coefficient (Wildman–Crippen LogP) is 3.39. The summed E-state index contributed by atoms with van der Waals surface area (Å²) in [5.41, 5.74) is 3.40. The lowest BCUT2D eigenvalue weighted by Crippen LogP contribution is -2.38. The highest BCUT2D eigenvalue weighted by Gasteiger charge is 2.45. The highest BCUT2D eigenvalue weighted by Crippen LogP contribution is 2.47. The van der Waals surface area contributed by atoms with Crippen molar-refractivity contribution in [3.05, 3.63) is 29.8 Å². The van der Waals surface area contributed by atoms with Crippen molar-refractivity contribution in [1.29, 1.82) is 0 Å². The predicted molar refractivity (Wildman–Crippen MR) is 81.9 cm³/mol. The summed E-state index contributed by atoms with van der Waals surface area (Å²) in [6, 6.07) is 9.81. The van der Waals surface area contributed by atoms with E-state index in [2.05, 4.69) is 55.3 Å². The minimum Gasteiger partial charge on any atom is -0.367 e. The number of hydrogen-bond acceptors (Lipinski definition) is 2. The Morgan fingerprint density at radius 3 is 2.47 bits per heavy atom. The molecule has 1 heterocycles. The van der Waals surface area contributed by atoms with Crippen molar-refractivity contribution >= 4 is 5.69 Å². The van der Waals surface area contributed by atoms with Crippen LogP contribution in [0.15, 0.2) is 24.3 Å². The van der Waals surface area contributed by atoms with Gasteiger partial charge in [0.2, 0.25) is 0 Å². The average molecular weight is 258 g/mol. The van der Waals surface area contributed by atoms with Gasteiger partial charge in [0.15, 0.2) is 0 Å². The second-order valence-electron chi connectivity index (χ2n) is 6.85. The van der Waals surface area contributed by atoms with Crippen LogP contribution in [0.5, 0.6) is 0 Å². The molecule has 1 N–H and O–H groups in total. The first-order valence-corrected chi connectivity index (χ1v) is 7.67. The maximum Gasteiger partial charge on any atom is 0.0386 e. The molecule has 2 heteroatoms. The first-order valence-electron chi connectivity index (χ1n) is 7.67. The lowest BCUT2D eigenvalue weighted by molar-refractivity contribution is 0.500. The van der Waals surface area contributed by atoms with Gasteiger partial charge in [0.05, 0.1) is 0 Å². The quantitative estimate of drug-likeness (QED) is 0.875. The largest absolute Gasteiger partial charge is 0.367 e. The van der Waals surface area contributed by atoms with E-state index in [1.54, 1.807) is 0 Å². The zero-order valence-electron chi connectivity index (χ0n) is 12.4. The van der Waals surface area contributed by atoms with E-state index in [0.717, 1.165) is 6.54 Å². The third kappa shape index (κ3) is 2.64. The summed E-state index contributed by atoms with van der Waals surface area (Å²) in [4.78, 5) is 2.61. The van der Waals surface area contributed by atoms with Gasteiger partial charge >= 0.3 is 0 Å². The van der Waals surface area contributed by atoms with Crippen molar-refractivity contribution in [2.24, 2.45) is 5.41 Å². The third-order valence-corrected chi connectivity index (χ3v) is 4.83. The monoisotopic (exact) mass is 258 g/mol. The highest BCUT2D eigenvalue weighted by atomic mass is 15.2. The lowest BCUT2D eigenvalue weighted by Gasteiger charge is -2.31. The van der Waals surface area contributed by atoms with Crippen molar-refractivity contribution in [2.45, 2.75) is 45.6 Å². The van der Waals surface area contributed by atoms with E-state index in [9.17, 15) is 0 Å². The van der Waals surface area contributed by atoms with Crippen LogP contribution in [0.1, 0.15) is 45.1 Å². The molecule has 1 atom stereocenters. The van der Waals surface area contributed by atoms with Crippen LogP contribution < -0.4 is 10.2 Å². The van der Waals surface area contributed by atoms with Gasteiger partial charge in [-0.05, 0) is 43.4 Å². The molecule has 0 aromatic heterocycles. The Labute approximate surface area is 117 Å². The molecule has 0 radical (unpaired) electrons. The van der Waals surface area contributed by atoms with E-state index in [-0.39, 0.29) is 0 Å². The Bertz CT molecular complexity index is 431. The lowest BCUT2D eigenvalue weighted by atomic mass is 10.0. The fourth-order valence-electron chi connectivity index (χ4n) is 3.14. The minimum absolute atomic E-state index is 0.571. The molecular weight excluding hydrogens is 232 g/mol. The van der Waals surface area contributed by atoms with Crippen LogP contribution in [-0.4, -0.2) is 25.7 Å². The smallest absolute Gasteiger partial charge is 0.0386 e. The first-order chi connectivity index (χ1) is 9.10. The molecule has 3 rings (SSSR count). The molecule has 1 aliphatic carbocycles. The van der Waals surface area contributed by atoms with Crippen molar-refractivity contribution in [1.82, 2.24) is 5.32 Å². The van der Waals surface area contributed by atoms with Crippen molar-refractivity contribution < 1.29 is 0 Å². The Kier molecular flexibility index (Phi) is 3.30. The summed E-state index contributed by atoms with van der Waals surface area (Å²) in [7, 11) is 0. The zero-order valence-corrected chi connectivity index (χ0v) is 12.4. The number of rotatable bonds is 2. The second kappa shape index (κ2) is 4.82. The first kappa shape index (κ1) is 13.0. The Balaban J connectivity index is 1.82. The van der Waals surface area contributed by atoms with Crippen LogP contribution in [0.2, 0.25) is 0 Å². The molecule has 0 bridgehead atoms. The van der Waals surface area contributed by atoms with Crippen LogP contribution in [0.4, 0.5) is 5.69 Å². The van der Waals surface area contributed by atoms with Crippen LogP contribution in [0.25, 0.3) is 0 Å². The van der Waals surface area contributed by atoms with E-state index >= 15 is 0 Å². The summed E-state index contributed by atoms with van der Waals surface area (Å²) >= 11 is 0. The molecule has 0 amide bonds. The molecule has 1 saturated heterocycles. The highest BCUT2D eigenvalue weighted by molar-refractivity contribution is 5.50. The fraction of sp³-hybridized carbons (Fsp3) is 0.647. The molecule has 1 spiro atoms. The maximum absolute atomic E-state index is 3.64. The van der Waals surface area contributed by atoms with Crippen molar-refractivity contribution in [2.75, 3.05) is 24.5 Å². The average Bonchev–Trinajstić information content (AvgIpc) is 3.18. The zero-order chi connectivity index (χ0) is 13.5. The van der Waals surface area contributed by atoms with E-state index in [1.807, 2.05) is 0 Å². The molecule has 1 unspecified atom stereocenters. The van der Waals surface area contributed by atoms with E-state index in [1.165, 1.54) is 37.2 Å². The number of benzene rings is 1.